The minimum atomic E-state index is -3.57. The number of carbonyl (C=O) groups is 1. The maximum Gasteiger partial charge on any atom is 0.263 e. The molecule has 1 fully saturated rings. The first-order valence-corrected chi connectivity index (χ1v) is 11.2. The fraction of sp³-hybridized carbons (Fsp3) is 0.409. The Kier molecular flexibility index (Phi) is 6.29. The number of piperazine rings is 1. The predicted octanol–water partition coefficient (Wildman–Crippen LogP) is 2.91. The maximum absolute atomic E-state index is 13.0. The fourth-order valence-corrected chi connectivity index (χ4v) is 5.21. The molecule has 1 saturated heterocycles. The summed E-state index contributed by atoms with van der Waals surface area (Å²) in [4.78, 5) is 14.8. The number of amides is 1. The van der Waals surface area contributed by atoms with Crippen LogP contribution in [0.4, 0.5) is 0 Å². The van der Waals surface area contributed by atoms with Gasteiger partial charge in [0.05, 0.1) is 4.90 Å². The summed E-state index contributed by atoms with van der Waals surface area (Å²) < 4.78 is 33.3. The van der Waals surface area contributed by atoms with E-state index in [0.717, 1.165) is 16.7 Å². The van der Waals surface area contributed by atoms with Crippen LogP contribution < -0.4 is 4.74 Å². The number of hydrogen-bond acceptors (Lipinski definition) is 4. The van der Waals surface area contributed by atoms with E-state index < -0.39 is 16.1 Å². The van der Waals surface area contributed by atoms with Gasteiger partial charge in [0.1, 0.15) is 5.75 Å². The molecule has 1 amide bonds. The summed E-state index contributed by atoms with van der Waals surface area (Å²) in [6.45, 7) is 8.63. The van der Waals surface area contributed by atoms with Crippen LogP contribution in [0.3, 0.4) is 0 Å². The van der Waals surface area contributed by atoms with Crippen molar-refractivity contribution in [3.8, 4) is 5.75 Å². The van der Waals surface area contributed by atoms with Gasteiger partial charge in [0.25, 0.3) is 5.91 Å². The fourth-order valence-electron chi connectivity index (χ4n) is 3.47. The van der Waals surface area contributed by atoms with Gasteiger partial charge in [-0.15, -0.1) is 0 Å². The van der Waals surface area contributed by atoms with Crippen molar-refractivity contribution in [2.45, 2.75) is 38.7 Å². The average Bonchev–Trinajstić information content (AvgIpc) is 2.69. The highest BCUT2D eigenvalue weighted by Crippen LogP contribution is 2.23. The number of rotatable bonds is 5. The highest BCUT2D eigenvalue weighted by Gasteiger charge is 2.32. The molecule has 1 atom stereocenters. The Hall–Kier alpha value is -2.38. The second-order valence-corrected chi connectivity index (χ2v) is 9.48. The lowest BCUT2D eigenvalue weighted by Crippen LogP contribution is -2.53. The minimum absolute atomic E-state index is 0.129. The lowest BCUT2D eigenvalue weighted by molar-refractivity contribution is -0.139. The standard InChI is InChI=1S/C22H28N2O4S/c1-16-6-5-7-20(14-16)28-19(4)22(25)23-10-12-24(13-11-23)29(26,27)21-15-17(2)8-9-18(21)3/h5-9,14-15,19H,10-13H2,1-4H3. The predicted molar refractivity (Wildman–Crippen MR) is 113 cm³/mol. The number of hydrogen-bond donors (Lipinski definition) is 0. The Morgan fingerprint density at radius 1 is 0.966 bits per heavy atom. The first-order valence-electron chi connectivity index (χ1n) is 9.78. The van der Waals surface area contributed by atoms with E-state index in [2.05, 4.69) is 0 Å². The number of ether oxygens (including phenoxy) is 1. The zero-order chi connectivity index (χ0) is 21.2. The van der Waals surface area contributed by atoms with E-state index in [1.807, 2.05) is 50.2 Å². The maximum atomic E-state index is 13.0. The second-order valence-electron chi connectivity index (χ2n) is 7.57. The van der Waals surface area contributed by atoms with Crippen LogP contribution in [0.5, 0.6) is 5.75 Å². The topological polar surface area (TPSA) is 66.9 Å². The summed E-state index contributed by atoms with van der Waals surface area (Å²) in [5, 5.41) is 0. The second kappa shape index (κ2) is 8.55. The van der Waals surface area contributed by atoms with E-state index in [-0.39, 0.29) is 19.0 Å². The smallest absolute Gasteiger partial charge is 0.263 e. The van der Waals surface area contributed by atoms with Crippen molar-refractivity contribution in [1.29, 1.82) is 0 Å². The van der Waals surface area contributed by atoms with Gasteiger partial charge in [0.2, 0.25) is 10.0 Å². The third-order valence-electron chi connectivity index (χ3n) is 5.16. The molecule has 1 aliphatic heterocycles. The number of aryl methyl sites for hydroxylation is 3. The summed E-state index contributed by atoms with van der Waals surface area (Å²) >= 11 is 0. The van der Waals surface area contributed by atoms with E-state index >= 15 is 0 Å². The van der Waals surface area contributed by atoms with Crippen molar-refractivity contribution in [1.82, 2.24) is 9.21 Å². The summed E-state index contributed by atoms with van der Waals surface area (Å²) in [5.74, 6) is 0.525. The Balaban J connectivity index is 1.63. The molecule has 0 saturated carbocycles. The van der Waals surface area contributed by atoms with E-state index in [1.165, 1.54) is 4.31 Å². The molecule has 1 unspecified atom stereocenters. The average molecular weight is 417 g/mol. The van der Waals surface area contributed by atoms with E-state index in [4.69, 9.17) is 4.74 Å². The van der Waals surface area contributed by atoms with Crippen molar-refractivity contribution >= 4 is 15.9 Å². The third kappa shape index (κ3) is 4.79. The van der Waals surface area contributed by atoms with Crippen molar-refractivity contribution in [3.63, 3.8) is 0 Å². The zero-order valence-electron chi connectivity index (χ0n) is 17.4. The summed E-state index contributed by atoms with van der Waals surface area (Å²) in [7, 11) is -3.57. The van der Waals surface area contributed by atoms with Crippen LogP contribution in [0.1, 0.15) is 23.6 Å². The monoisotopic (exact) mass is 416 g/mol. The minimum Gasteiger partial charge on any atom is -0.481 e. The molecular weight excluding hydrogens is 388 g/mol. The molecular formula is C22H28N2O4S. The van der Waals surface area contributed by atoms with Gasteiger partial charge in [-0.1, -0.05) is 24.3 Å². The Labute approximate surface area is 173 Å². The number of nitrogens with zero attached hydrogens (tertiary/aromatic N) is 2. The Morgan fingerprint density at radius 3 is 2.28 bits per heavy atom. The molecule has 0 N–H and O–H groups in total. The first-order chi connectivity index (χ1) is 13.7. The highest BCUT2D eigenvalue weighted by atomic mass is 32.2. The van der Waals surface area contributed by atoms with E-state index in [9.17, 15) is 13.2 Å². The number of sulfonamides is 1. The van der Waals surface area contributed by atoms with Gasteiger partial charge in [-0.25, -0.2) is 8.42 Å². The molecule has 7 heteroatoms. The van der Waals surface area contributed by atoms with Crippen LogP contribution in [-0.4, -0.2) is 55.8 Å². The van der Waals surface area contributed by atoms with Crippen LogP contribution in [0.2, 0.25) is 0 Å². The van der Waals surface area contributed by atoms with Gasteiger partial charge in [-0.05, 0) is 62.6 Å². The van der Waals surface area contributed by atoms with Crippen LogP contribution in [0, 0.1) is 20.8 Å². The van der Waals surface area contributed by atoms with Gasteiger partial charge >= 0.3 is 0 Å². The van der Waals surface area contributed by atoms with Crippen LogP contribution in [0.25, 0.3) is 0 Å². The largest absolute Gasteiger partial charge is 0.481 e. The number of carbonyl (C=O) groups excluding carboxylic acids is 1. The van der Waals surface area contributed by atoms with Crippen LogP contribution >= 0.6 is 0 Å². The third-order valence-corrected chi connectivity index (χ3v) is 7.20. The zero-order valence-corrected chi connectivity index (χ0v) is 18.2. The molecule has 0 radical (unpaired) electrons. The molecule has 1 heterocycles. The lowest BCUT2D eigenvalue weighted by atomic mass is 10.2. The molecule has 2 aromatic rings. The molecule has 0 aromatic heterocycles. The molecule has 0 bridgehead atoms. The van der Waals surface area contributed by atoms with Crippen molar-refractivity contribution < 1.29 is 17.9 Å². The van der Waals surface area contributed by atoms with Gasteiger partial charge in [-0.3, -0.25) is 4.79 Å². The molecule has 6 nitrogen and oxygen atoms in total. The molecule has 29 heavy (non-hydrogen) atoms. The summed E-state index contributed by atoms with van der Waals surface area (Å²) in [6.07, 6.45) is -0.626. The molecule has 156 valence electrons. The van der Waals surface area contributed by atoms with Gasteiger partial charge in [0.15, 0.2) is 6.10 Å². The Bertz CT molecular complexity index is 996. The molecule has 3 rings (SSSR count). The van der Waals surface area contributed by atoms with Crippen LogP contribution in [-0.2, 0) is 14.8 Å². The number of benzene rings is 2. The first kappa shape index (κ1) is 21.3. The van der Waals surface area contributed by atoms with E-state index in [1.54, 1.807) is 24.8 Å². The van der Waals surface area contributed by atoms with Crippen LogP contribution in [0.15, 0.2) is 47.4 Å². The van der Waals surface area contributed by atoms with Crippen molar-refractivity contribution in [2.24, 2.45) is 0 Å². The SMILES string of the molecule is Cc1cccc(OC(C)C(=O)N2CCN(S(=O)(=O)c3cc(C)ccc3C)CC2)c1. The normalized spacial score (nSPS) is 16.5. The summed E-state index contributed by atoms with van der Waals surface area (Å²) in [5.41, 5.74) is 2.70. The molecule has 0 aliphatic carbocycles. The molecule has 0 spiro atoms. The van der Waals surface area contributed by atoms with Crippen molar-refractivity contribution in [2.75, 3.05) is 26.2 Å². The van der Waals surface area contributed by atoms with E-state index in [0.29, 0.717) is 23.7 Å². The quantitative estimate of drug-likeness (QED) is 0.752. The highest BCUT2D eigenvalue weighted by molar-refractivity contribution is 7.89. The van der Waals surface area contributed by atoms with Gasteiger partial charge in [-0.2, -0.15) is 4.31 Å². The molecule has 1 aliphatic rings. The lowest BCUT2D eigenvalue weighted by Gasteiger charge is -2.35. The summed E-state index contributed by atoms with van der Waals surface area (Å²) in [6, 6.07) is 13.0. The van der Waals surface area contributed by atoms with Gasteiger partial charge in [0, 0.05) is 26.2 Å². The molecule has 2 aromatic carbocycles. The van der Waals surface area contributed by atoms with Gasteiger partial charge < -0.3 is 9.64 Å². The van der Waals surface area contributed by atoms with Crippen molar-refractivity contribution in [3.05, 3.63) is 59.2 Å². The Morgan fingerprint density at radius 2 is 1.62 bits per heavy atom.